The van der Waals surface area contributed by atoms with Crippen LogP contribution in [0.5, 0.6) is 0 Å². The van der Waals surface area contributed by atoms with Crippen molar-refractivity contribution in [2.24, 2.45) is 23.2 Å². The zero-order valence-electron chi connectivity index (χ0n) is 29.2. The summed E-state index contributed by atoms with van der Waals surface area (Å²) in [6.45, 7) is 6.92. The van der Waals surface area contributed by atoms with Gasteiger partial charge in [0.25, 0.3) is 0 Å². The first-order valence-electron chi connectivity index (χ1n) is 17.7. The number of amides is 3. The van der Waals surface area contributed by atoms with Gasteiger partial charge in [0, 0.05) is 18.5 Å². The van der Waals surface area contributed by atoms with E-state index in [0.29, 0.717) is 23.1 Å². The number of fused-ring (bicyclic) bond motifs is 1. The SMILES string of the molecule is CCC(CC1CCCN1C=O)C(=O)C12C=CC(c3ccc(-c4cnc(C(C)NC(=O)C(NC(=O)OC)c5ccccc5)[nH]4)cc3)=CC(C1)C2C. The van der Waals surface area contributed by atoms with Crippen LogP contribution in [0.4, 0.5) is 4.79 Å². The molecule has 3 aromatic rings. The van der Waals surface area contributed by atoms with Crippen LogP contribution in [0.1, 0.15) is 81.9 Å². The van der Waals surface area contributed by atoms with Crippen molar-refractivity contribution in [1.29, 1.82) is 0 Å². The fraction of sp³-hybridized carbons (Fsp3) is 0.425. The molecule has 7 rings (SSSR count). The predicted octanol–water partition coefficient (Wildman–Crippen LogP) is 6.55. The number of ketones is 1. The molecule has 2 fully saturated rings. The second-order valence-corrected chi connectivity index (χ2v) is 14.0. The van der Waals surface area contributed by atoms with Gasteiger partial charge in [-0.3, -0.25) is 14.4 Å². The topological polar surface area (TPSA) is 133 Å². The number of methoxy groups -OCH3 is 1. The number of aromatic amines is 1. The summed E-state index contributed by atoms with van der Waals surface area (Å²) in [5.74, 6) is 1.03. The quantitative estimate of drug-likeness (QED) is 0.176. The maximum atomic E-state index is 14.1. The van der Waals surface area contributed by atoms with Crippen molar-refractivity contribution in [3.8, 4) is 11.3 Å². The molecule has 2 heterocycles. The normalized spacial score (nSPS) is 24.2. The van der Waals surface area contributed by atoms with Gasteiger partial charge in [-0.15, -0.1) is 0 Å². The predicted molar refractivity (Wildman–Crippen MR) is 191 cm³/mol. The van der Waals surface area contributed by atoms with Crippen molar-refractivity contribution >= 4 is 29.8 Å². The molecule has 1 aliphatic heterocycles. The molecule has 7 atom stereocenters. The Balaban J connectivity index is 1.12. The summed E-state index contributed by atoms with van der Waals surface area (Å²) < 4.78 is 4.73. The number of carbonyl (C=O) groups excluding carboxylic acids is 4. The Morgan fingerprint density at radius 2 is 1.84 bits per heavy atom. The third kappa shape index (κ3) is 6.88. The second kappa shape index (κ2) is 14.9. The number of alkyl carbamates (subject to hydrolysis) is 1. The third-order valence-corrected chi connectivity index (χ3v) is 11.2. The number of aromatic nitrogens is 2. The Morgan fingerprint density at radius 3 is 2.52 bits per heavy atom. The van der Waals surface area contributed by atoms with Gasteiger partial charge in [0.15, 0.2) is 0 Å². The Labute approximate surface area is 293 Å². The molecule has 10 nitrogen and oxygen atoms in total. The number of nitrogens with zero attached hydrogens (tertiary/aromatic N) is 2. The molecule has 50 heavy (non-hydrogen) atoms. The van der Waals surface area contributed by atoms with Crippen molar-refractivity contribution in [3.05, 3.63) is 96.0 Å². The first-order valence-corrected chi connectivity index (χ1v) is 17.7. The summed E-state index contributed by atoms with van der Waals surface area (Å²) in [5, 5.41) is 5.55. The molecule has 1 saturated heterocycles. The van der Waals surface area contributed by atoms with Crippen LogP contribution >= 0.6 is 0 Å². The molecule has 262 valence electrons. The fourth-order valence-electron chi connectivity index (χ4n) is 7.97. The molecule has 0 radical (unpaired) electrons. The Hall–Kier alpha value is -4.99. The van der Waals surface area contributed by atoms with E-state index in [1.165, 1.54) is 7.11 Å². The maximum absolute atomic E-state index is 14.1. The minimum absolute atomic E-state index is 0.0495. The van der Waals surface area contributed by atoms with Crippen LogP contribution in [0.25, 0.3) is 16.8 Å². The van der Waals surface area contributed by atoms with Crippen molar-refractivity contribution in [1.82, 2.24) is 25.5 Å². The largest absolute Gasteiger partial charge is 0.453 e. The van der Waals surface area contributed by atoms with E-state index < -0.39 is 23.6 Å². The minimum Gasteiger partial charge on any atom is -0.453 e. The number of carbonyl (C=O) groups is 4. The van der Waals surface area contributed by atoms with Crippen LogP contribution in [0.2, 0.25) is 0 Å². The second-order valence-electron chi connectivity index (χ2n) is 14.0. The number of likely N-dealkylation sites (tertiary alicyclic amines) is 1. The number of rotatable bonds is 13. The molecule has 3 amide bonds. The van der Waals surface area contributed by atoms with Crippen molar-refractivity contribution in [2.45, 2.75) is 71.0 Å². The summed E-state index contributed by atoms with van der Waals surface area (Å²) >= 11 is 0. The number of benzene rings is 2. The molecule has 1 saturated carbocycles. The van der Waals surface area contributed by atoms with E-state index in [-0.39, 0.29) is 23.8 Å². The molecule has 3 aliphatic carbocycles. The molecule has 1 aromatic heterocycles. The molecular weight excluding hydrogens is 630 g/mol. The van der Waals surface area contributed by atoms with Gasteiger partial charge in [0.05, 0.1) is 30.5 Å². The average molecular weight is 678 g/mol. The van der Waals surface area contributed by atoms with Crippen molar-refractivity contribution < 1.29 is 23.9 Å². The fourth-order valence-corrected chi connectivity index (χ4v) is 7.97. The summed E-state index contributed by atoms with van der Waals surface area (Å²) in [6, 6.07) is 16.0. The lowest BCUT2D eigenvalue weighted by Crippen LogP contribution is -2.52. The monoisotopic (exact) mass is 677 g/mol. The number of ether oxygens (including phenoxy) is 1. The van der Waals surface area contributed by atoms with E-state index in [2.05, 4.69) is 64.8 Å². The highest BCUT2D eigenvalue weighted by Gasteiger charge is 2.55. The van der Waals surface area contributed by atoms with E-state index >= 15 is 0 Å². The number of imidazole rings is 1. The smallest absolute Gasteiger partial charge is 0.407 e. The summed E-state index contributed by atoms with van der Waals surface area (Å²) in [6.07, 6.45) is 13.0. The van der Waals surface area contributed by atoms with Crippen LogP contribution in [-0.4, -0.2) is 58.8 Å². The van der Waals surface area contributed by atoms with E-state index in [9.17, 15) is 19.2 Å². The Bertz CT molecular complexity index is 1770. The van der Waals surface area contributed by atoms with Gasteiger partial charge in [0.1, 0.15) is 17.6 Å². The number of Topliss-reactive ketones (excluding diaryl/α,β-unsaturated/α-hetero) is 1. The number of nitrogens with one attached hydrogen (secondary N) is 3. The number of H-pyrrole nitrogens is 1. The maximum Gasteiger partial charge on any atom is 0.407 e. The standard InChI is InChI=1S/C40H47N5O5/c1-5-27(21-33-12-9-19-45(33)24-46)36(47)40-18-17-31(20-32(22-40)25(40)2)28-13-15-29(16-14-28)34-23-41-37(43-34)26(3)42-38(48)35(44-39(49)50-4)30-10-7-6-8-11-30/h6-8,10-11,13-18,20,23-27,32-33,35H,5,9,12,19,21-22H2,1-4H3,(H,41,43)(H,42,48)(H,44,49). The first-order chi connectivity index (χ1) is 24.2. The Morgan fingerprint density at radius 1 is 1.10 bits per heavy atom. The minimum atomic E-state index is -0.929. The average Bonchev–Trinajstić information content (AvgIpc) is 3.75. The van der Waals surface area contributed by atoms with Gasteiger partial charge in [-0.2, -0.15) is 0 Å². The van der Waals surface area contributed by atoms with Crippen LogP contribution in [0.3, 0.4) is 0 Å². The van der Waals surface area contributed by atoms with E-state index in [1.54, 1.807) is 30.5 Å². The lowest BCUT2D eigenvalue weighted by atomic mass is 9.51. The molecule has 10 heteroatoms. The molecule has 0 spiro atoms. The van der Waals surface area contributed by atoms with Crippen molar-refractivity contribution in [2.75, 3.05) is 13.7 Å². The lowest BCUT2D eigenvalue weighted by Gasteiger charge is -2.51. The third-order valence-electron chi connectivity index (χ3n) is 11.2. The first kappa shape index (κ1) is 34.9. The van der Waals surface area contributed by atoms with Gasteiger partial charge in [0.2, 0.25) is 12.3 Å². The van der Waals surface area contributed by atoms with E-state index in [0.717, 1.165) is 67.5 Å². The molecule has 3 N–H and O–H groups in total. The highest BCUT2D eigenvalue weighted by molar-refractivity contribution is 5.92. The molecule has 4 aliphatic rings. The summed E-state index contributed by atoms with van der Waals surface area (Å²) in [5.41, 5.74) is 4.14. The van der Waals surface area contributed by atoms with Gasteiger partial charge in [-0.1, -0.05) is 86.7 Å². The number of allylic oxidation sites excluding steroid dienone is 4. The van der Waals surface area contributed by atoms with Crippen LogP contribution in [0.15, 0.2) is 79.0 Å². The summed E-state index contributed by atoms with van der Waals surface area (Å²) in [7, 11) is 1.26. The number of hydrogen-bond donors (Lipinski definition) is 3. The molecule has 2 bridgehead atoms. The van der Waals surface area contributed by atoms with Gasteiger partial charge >= 0.3 is 6.09 Å². The zero-order valence-corrected chi connectivity index (χ0v) is 29.2. The molecule has 7 unspecified atom stereocenters. The highest BCUT2D eigenvalue weighted by atomic mass is 16.5. The molecular formula is C40H47N5O5. The van der Waals surface area contributed by atoms with E-state index in [1.807, 2.05) is 30.0 Å². The Kier molecular flexibility index (Phi) is 10.4. The lowest BCUT2D eigenvalue weighted by molar-refractivity contribution is -0.142. The van der Waals surface area contributed by atoms with Gasteiger partial charge in [-0.25, -0.2) is 9.78 Å². The van der Waals surface area contributed by atoms with Crippen LogP contribution in [-0.2, 0) is 19.1 Å². The van der Waals surface area contributed by atoms with Crippen molar-refractivity contribution in [3.63, 3.8) is 0 Å². The van der Waals surface area contributed by atoms with Gasteiger partial charge in [-0.05, 0) is 73.1 Å². The molecule has 2 aromatic carbocycles. The number of hydrogen-bond acceptors (Lipinski definition) is 6. The highest BCUT2D eigenvalue weighted by Crippen LogP contribution is 2.57. The van der Waals surface area contributed by atoms with Crippen LogP contribution < -0.4 is 10.6 Å². The van der Waals surface area contributed by atoms with Gasteiger partial charge < -0.3 is 25.3 Å². The van der Waals surface area contributed by atoms with Crippen LogP contribution in [0, 0.1) is 23.2 Å². The zero-order chi connectivity index (χ0) is 35.4. The van der Waals surface area contributed by atoms with E-state index in [4.69, 9.17) is 4.74 Å². The summed E-state index contributed by atoms with van der Waals surface area (Å²) in [4.78, 5) is 60.6.